The van der Waals surface area contributed by atoms with E-state index in [-0.39, 0.29) is 11.2 Å². The molecule has 0 saturated heterocycles. The van der Waals surface area contributed by atoms with Gasteiger partial charge in [-0.1, -0.05) is 23.9 Å². The number of benzene rings is 2. The van der Waals surface area contributed by atoms with Gasteiger partial charge in [0.15, 0.2) is 0 Å². The van der Waals surface area contributed by atoms with Crippen LogP contribution in [0.1, 0.15) is 5.56 Å². The van der Waals surface area contributed by atoms with Crippen molar-refractivity contribution in [2.24, 2.45) is 5.10 Å². The molecule has 0 N–H and O–H groups in total. The van der Waals surface area contributed by atoms with Crippen molar-refractivity contribution in [3.63, 3.8) is 0 Å². The van der Waals surface area contributed by atoms with Gasteiger partial charge in [0, 0.05) is 11.6 Å². The summed E-state index contributed by atoms with van der Waals surface area (Å²) in [4.78, 5) is 29.1. The van der Waals surface area contributed by atoms with Crippen molar-refractivity contribution in [1.29, 1.82) is 0 Å². The number of para-hydroxylation sites is 1. The van der Waals surface area contributed by atoms with Crippen LogP contribution in [0.15, 0.2) is 73.9 Å². The molecular formula is C21H16N4O5S2. The Balaban J connectivity index is 1.67. The van der Waals surface area contributed by atoms with Crippen molar-refractivity contribution >= 4 is 45.2 Å². The molecule has 9 nitrogen and oxygen atoms in total. The van der Waals surface area contributed by atoms with Gasteiger partial charge in [-0.05, 0) is 30.3 Å². The number of hydrogen-bond acceptors (Lipinski definition) is 9. The Bertz CT molecular complexity index is 1400. The summed E-state index contributed by atoms with van der Waals surface area (Å²) >= 11 is 2.51. The minimum Gasteiger partial charge on any atom is -0.497 e. The van der Waals surface area contributed by atoms with E-state index in [1.54, 1.807) is 56.7 Å². The molecule has 0 radical (unpaired) electrons. The Labute approximate surface area is 190 Å². The van der Waals surface area contributed by atoms with E-state index in [9.17, 15) is 14.9 Å². The highest BCUT2D eigenvalue weighted by Gasteiger charge is 2.16. The third kappa shape index (κ3) is 4.34. The highest BCUT2D eigenvalue weighted by atomic mass is 32.2. The van der Waals surface area contributed by atoms with Crippen LogP contribution in [0.25, 0.3) is 10.2 Å². The third-order valence-corrected chi connectivity index (χ3v) is 6.67. The lowest BCUT2D eigenvalue weighted by molar-refractivity contribution is -0.387. The summed E-state index contributed by atoms with van der Waals surface area (Å²) in [6.07, 6.45) is 2.83. The number of nitro benzene ring substituents is 1. The van der Waals surface area contributed by atoms with Crippen molar-refractivity contribution < 1.29 is 14.4 Å². The normalized spacial score (nSPS) is 11.2. The molecular weight excluding hydrogens is 452 g/mol. The number of hydrogen-bond donors (Lipinski definition) is 0. The van der Waals surface area contributed by atoms with E-state index < -0.39 is 4.92 Å². The predicted molar refractivity (Wildman–Crippen MR) is 124 cm³/mol. The molecule has 0 spiro atoms. The van der Waals surface area contributed by atoms with Crippen LogP contribution in [0.3, 0.4) is 0 Å². The van der Waals surface area contributed by atoms with Gasteiger partial charge < -0.3 is 9.47 Å². The lowest BCUT2D eigenvalue weighted by Gasteiger charge is -2.06. The van der Waals surface area contributed by atoms with Gasteiger partial charge in [0.1, 0.15) is 22.7 Å². The first-order chi connectivity index (χ1) is 15.5. The molecule has 0 atom stereocenters. The van der Waals surface area contributed by atoms with Gasteiger partial charge in [-0.2, -0.15) is 9.78 Å². The highest BCUT2D eigenvalue weighted by Crippen LogP contribution is 2.39. The van der Waals surface area contributed by atoms with Gasteiger partial charge in [-0.25, -0.2) is 4.98 Å². The topological polar surface area (TPSA) is 109 Å². The maximum Gasteiger partial charge on any atom is 0.283 e. The molecule has 0 fully saturated rings. The number of nitrogens with zero attached hydrogens (tertiary/aromatic N) is 4. The highest BCUT2D eigenvalue weighted by molar-refractivity contribution is 8.01. The van der Waals surface area contributed by atoms with Crippen LogP contribution in [-0.2, 0) is 0 Å². The van der Waals surface area contributed by atoms with Crippen LogP contribution >= 0.6 is 23.1 Å². The van der Waals surface area contributed by atoms with Gasteiger partial charge in [0.2, 0.25) is 0 Å². The predicted octanol–water partition coefficient (Wildman–Crippen LogP) is 4.42. The van der Waals surface area contributed by atoms with Crippen molar-refractivity contribution in [2.75, 3.05) is 14.2 Å². The summed E-state index contributed by atoms with van der Waals surface area (Å²) in [6, 6.07) is 13.4. The Hall–Kier alpha value is -3.70. The Morgan fingerprint density at radius 1 is 1.19 bits per heavy atom. The quantitative estimate of drug-likeness (QED) is 0.224. The van der Waals surface area contributed by atoms with Crippen molar-refractivity contribution in [1.82, 2.24) is 9.66 Å². The van der Waals surface area contributed by atoms with E-state index in [1.807, 2.05) is 0 Å². The zero-order valence-corrected chi connectivity index (χ0v) is 18.6. The van der Waals surface area contributed by atoms with Crippen molar-refractivity contribution in [3.05, 3.63) is 80.9 Å². The lowest BCUT2D eigenvalue weighted by atomic mass is 10.2. The van der Waals surface area contributed by atoms with E-state index in [1.165, 1.54) is 41.7 Å². The summed E-state index contributed by atoms with van der Waals surface area (Å²) < 4.78 is 12.4. The van der Waals surface area contributed by atoms with E-state index in [4.69, 9.17) is 9.47 Å². The second-order valence-corrected chi connectivity index (χ2v) is 8.73. The van der Waals surface area contributed by atoms with Crippen LogP contribution in [0, 0.1) is 10.1 Å². The van der Waals surface area contributed by atoms with Gasteiger partial charge in [-0.3, -0.25) is 14.9 Å². The van der Waals surface area contributed by atoms with E-state index >= 15 is 0 Å². The molecule has 0 amide bonds. The van der Waals surface area contributed by atoms with E-state index in [2.05, 4.69) is 10.1 Å². The van der Waals surface area contributed by atoms with Gasteiger partial charge >= 0.3 is 0 Å². The molecule has 4 aromatic rings. The smallest absolute Gasteiger partial charge is 0.283 e. The average molecular weight is 469 g/mol. The summed E-state index contributed by atoms with van der Waals surface area (Å²) in [7, 11) is 3.10. The maximum absolute atomic E-state index is 12.9. The Kier molecular flexibility index (Phi) is 6.19. The number of aromatic nitrogens is 2. The summed E-state index contributed by atoms with van der Waals surface area (Å²) in [5.41, 5.74) is 0.299. The molecule has 32 heavy (non-hydrogen) atoms. The van der Waals surface area contributed by atoms with Crippen LogP contribution in [0.5, 0.6) is 11.5 Å². The van der Waals surface area contributed by atoms with Gasteiger partial charge in [0.25, 0.3) is 11.2 Å². The monoisotopic (exact) mass is 468 g/mol. The number of fused-ring (bicyclic) bond motifs is 1. The second kappa shape index (κ2) is 9.20. The minimum absolute atomic E-state index is 0.0113. The second-order valence-electron chi connectivity index (χ2n) is 6.36. The maximum atomic E-state index is 12.9. The molecule has 2 aromatic heterocycles. The number of nitro groups is 1. The summed E-state index contributed by atoms with van der Waals surface area (Å²) in [5, 5.41) is 15.9. The van der Waals surface area contributed by atoms with Gasteiger partial charge in [0.05, 0.1) is 39.8 Å². The Morgan fingerprint density at radius 3 is 2.75 bits per heavy atom. The number of ether oxygens (including phenoxy) is 2. The van der Waals surface area contributed by atoms with Crippen LogP contribution < -0.4 is 15.0 Å². The first-order valence-corrected chi connectivity index (χ1v) is 10.8. The molecule has 0 unspecified atom stereocenters. The number of rotatable bonds is 7. The van der Waals surface area contributed by atoms with E-state index in [0.717, 1.165) is 8.89 Å². The fraction of sp³-hybridized carbons (Fsp3) is 0.0952. The SMILES string of the molecule is COc1ccc(OC)c(/C=N/n2cnc3sc(Sc4ccccc4[N+](=O)[O-])cc3c2=O)c1. The molecule has 2 heterocycles. The molecule has 162 valence electrons. The zero-order chi connectivity index (χ0) is 22.7. The summed E-state index contributed by atoms with van der Waals surface area (Å²) in [5.74, 6) is 1.21. The molecule has 4 rings (SSSR count). The molecule has 0 aliphatic rings. The fourth-order valence-electron chi connectivity index (χ4n) is 2.89. The van der Waals surface area contributed by atoms with Crippen LogP contribution in [0.4, 0.5) is 5.69 Å². The molecule has 2 aromatic carbocycles. The third-order valence-electron chi connectivity index (χ3n) is 4.44. The molecule has 0 aliphatic carbocycles. The minimum atomic E-state index is -0.428. The average Bonchev–Trinajstić information content (AvgIpc) is 3.22. The molecule has 0 bridgehead atoms. The lowest BCUT2D eigenvalue weighted by Crippen LogP contribution is -2.16. The number of methoxy groups -OCH3 is 2. The fourth-order valence-corrected chi connectivity index (χ4v) is 5.07. The van der Waals surface area contributed by atoms with Gasteiger partial charge in [-0.15, -0.1) is 11.3 Å². The zero-order valence-electron chi connectivity index (χ0n) is 16.9. The standard InChI is InChI=1S/C21H16N4O5S2/c1-29-14-7-8-17(30-2)13(9-14)11-23-24-12-22-20-15(21(24)26)10-19(32-20)31-18-6-4-3-5-16(18)25(27)28/h3-12H,1-2H3/b23-11+. The van der Waals surface area contributed by atoms with Crippen molar-refractivity contribution in [3.8, 4) is 11.5 Å². The van der Waals surface area contributed by atoms with E-state index in [0.29, 0.717) is 32.2 Å². The largest absolute Gasteiger partial charge is 0.497 e. The van der Waals surface area contributed by atoms with Crippen LogP contribution in [-0.4, -0.2) is 35.0 Å². The first-order valence-electron chi connectivity index (χ1n) is 9.19. The van der Waals surface area contributed by atoms with Crippen LogP contribution in [0.2, 0.25) is 0 Å². The number of thiophene rings is 1. The molecule has 0 saturated carbocycles. The Morgan fingerprint density at radius 2 is 2.00 bits per heavy atom. The molecule has 0 aliphatic heterocycles. The first kappa shape index (κ1) is 21.5. The van der Waals surface area contributed by atoms with Crippen molar-refractivity contribution in [2.45, 2.75) is 9.10 Å². The molecule has 11 heteroatoms. The summed E-state index contributed by atoms with van der Waals surface area (Å²) in [6.45, 7) is 0.